The summed E-state index contributed by atoms with van der Waals surface area (Å²) in [6.07, 6.45) is 4.30. The van der Waals surface area contributed by atoms with Crippen LogP contribution in [0.4, 0.5) is 0 Å². The Kier molecular flexibility index (Phi) is 6.02. The lowest BCUT2D eigenvalue weighted by Crippen LogP contribution is -2.39. The first-order chi connectivity index (χ1) is 12.3. The van der Waals surface area contributed by atoms with E-state index in [4.69, 9.17) is 4.74 Å². The van der Waals surface area contributed by atoms with Crippen LogP contribution in [-0.2, 0) is 14.8 Å². The molecule has 1 unspecified atom stereocenters. The third-order valence-corrected chi connectivity index (χ3v) is 5.11. The first kappa shape index (κ1) is 19.5. The van der Waals surface area contributed by atoms with Crippen molar-refractivity contribution in [3.8, 4) is 5.75 Å². The molecule has 0 saturated carbocycles. The fourth-order valence-electron chi connectivity index (χ4n) is 2.45. The van der Waals surface area contributed by atoms with E-state index in [1.54, 1.807) is 30.2 Å². The molecule has 0 spiro atoms. The van der Waals surface area contributed by atoms with Crippen LogP contribution in [0.2, 0.25) is 0 Å². The Balaban J connectivity index is 2.25. The Morgan fingerprint density at radius 1 is 1.27 bits per heavy atom. The zero-order valence-electron chi connectivity index (χ0n) is 14.6. The highest BCUT2D eigenvalue weighted by atomic mass is 32.2. The van der Waals surface area contributed by atoms with Crippen molar-refractivity contribution in [2.45, 2.75) is 25.1 Å². The molecule has 2 rings (SSSR count). The van der Waals surface area contributed by atoms with Crippen LogP contribution in [0.3, 0.4) is 0 Å². The number of nitrogens with one attached hydrogen (secondary N) is 2. The van der Waals surface area contributed by atoms with E-state index in [2.05, 4.69) is 5.32 Å². The number of carbonyl (C=O) groups is 1. The summed E-state index contributed by atoms with van der Waals surface area (Å²) in [4.78, 5) is 23.6. The molecule has 0 saturated heterocycles. The van der Waals surface area contributed by atoms with Gasteiger partial charge in [0.1, 0.15) is 16.9 Å². The van der Waals surface area contributed by atoms with Gasteiger partial charge in [0.05, 0.1) is 18.2 Å². The molecule has 1 aliphatic carbocycles. The summed E-state index contributed by atoms with van der Waals surface area (Å²) in [7, 11) is -2.80. The van der Waals surface area contributed by atoms with Crippen molar-refractivity contribution < 1.29 is 22.7 Å². The largest absolute Gasteiger partial charge is 0.496 e. The van der Waals surface area contributed by atoms with Gasteiger partial charge in [-0.3, -0.25) is 4.79 Å². The second-order valence-corrected chi connectivity index (χ2v) is 7.71. The summed E-state index contributed by atoms with van der Waals surface area (Å²) < 4.78 is 32.2. The van der Waals surface area contributed by atoms with Gasteiger partial charge in [0.15, 0.2) is 0 Å². The summed E-state index contributed by atoms with van der Waals surface area (Å²) in [6.45, 7) is 3.82. The minimum absolute atomic E-state index is 0.0766. The minimum Gasteiger partial charge on any atom is -0.496 e. The number of amides is 1. The maximum Gasteiger partial charge on any atom is 0.268 e. The van der Waals surface area contributed by atoms with Crippen molar-refractivity contribution in [2.75, 3.05) is 7.11 Å². The van der Waals surface area contributed by atoms with E-state index >= 15 is 0 Å². The maximum absolute atomic E-state index is 12.6. The normalized spacial score (nSPS) is 16.7. The number of hydrogen-bond acceptors (Lipinski definition) is 6. The third kappa shape index (κ3) is 4.41. The number of carbonyl (C=O) groups excluding carboxylic acids is 2. The fourth-order valence-corrected chi connectivity index (χ4v) is 3.68. The van der Waals surface area contributed by atoms with Gasteiger partial charge >= 0.3 is 0 Å². The van der Waals surface area contributed by atoms with Gasteiger partial charge in [0, 0.05) is 11.7 Å². The van der Waals surface area contributed by atoms with E-state index in [1.165, 1.54) is 25.3 Å². The molecule has 0 bridgehead atoms. The van der Waals surface area contributed by atoms with Crippen LogP contribution >= 0.6 is 0 Å². The molecule has 2 N–H and O–H groups in total. The van der Waals surface area contributed by atoms with Crippen molar-refractivity contribution in [3.63, 3.8) is 0 Å². The van der Waals surface area contributed by atoms with E-state index in [1.807, 2.05) is 18.6 Å². The molecular weight excluding hydrogens is 356 g/mol. The van der Waals surface area contributed by atoms with Gasteiger partial charge < -0.3 is 10.1 Å². The van der Waals surface area contributed by atoms with Gasteiger partial charge in [-0.25, -0.2) is 17.9 Å². The number of methoxy groups -OCH3 is 1. The Morgan fingerprint density at radius 2 is 1.96 bits per heavy atom. The first-order valence-electron chi connectivity index (χ1n) is 7.89. The lowest BCUT2D eigenvalue weighted by atomic mass is 10.1. The lowest BCUT2D eigenvalue weighted by molar-refractivity contribution is 0.0978. The second-order valence-electron chi connectivity index (χ2n) is 5.91. The van der Waals surface area contributed by atoms with Crippen LogP contribution in [0.25, 0.3) is 0 Å². The van der Waals surface area contributed by atoms with Gasteiger partial charge in [-0.2, -0.15) is 0 Å². The number of rotatable bonds is 6. The van der Waals surface area contributed by atoms with Crippen molar-refractivity contribution in [3.05, 3.63) is 59.3 Å². The molecule has 8 heteroatoms. The number of sulfonamides is 1. The molecule has 0 aliphatic heterocycles. The SMILES string of the molecule is COc1ccccc1C(=O)NS(=O)(=O)C1C=CC(NC(C)C)=CC1=C=O. The Morgan fingerprint density at radius 3 is 2.58 bits per heavy atom. The fraction of sp³-hybridized carbons (Fsp3) is 0.278. The highest BCUT2D eigenvalue weighted by Crippen LogP contribution is 2.21. The molecule has 26 heavy (non-hydrogen) atoms. The zero-order valence-corrected chi connectivity index (χ0v) is 15.5. The number of ether oxygens (including phenoxy) is 1. The van der Waals surface area contributed by atoms with E-state index in [9.17, 15) is 18.0 Å². The molecular formula is C18H20N2O5S. The Labute approximate surface area is 152 Å². The molecule has 0 heterocycles. The molecule has 0 fully saturated rings. The van der Waals surface area contributed by atoms with Gasteiger partial charge in [-0.15, -0.1) is 0 Å². The molecule has 138 valence electrons. The monoisotopic (exact) mass is 376 g/mol. The number of benzene rings is 1. The topological polar surface area (TPSA) is 102 Å². The highest BCUT2D eigenvalue weighted by Gasteiger charge is 2.31. The third-order valence-electron chi connectivity index (χ3n) is 3.56. The average Bonchev–Trinajstić information content (AvgIpc) is 2.60. The van der Waals surface area contributed by atoms with Gasteiger partial charge in [-0.1, -0.05) is 18.2 Å². The first-order valence-corrected chi connectivity index (χ1v) is 9.43. The summed E-state index contributed by atoms with van der Waals surface area (Å²) >= 11 is 0. The number of allylic oxidation sites excluding steroid dienone is 2. The molecule has 1 amide bonds. The van der Waals surface area contributed by atoms with E-state index in [-0.39, 0.29) is 22.9 Å². The van der Waals surface area contributed by atoms with Crippen LogP contribution in [0.15, 0.2) is 53.8 Å². The summed E-state index contributed by atoms with van der Waals surface area (Å²) in [6, 6.07) is 6.35. The van der Waals surface area contributed by atoms with Gasteiger partial charge in [0.2, 0.25) is 10.0 Å². The molecule has 1 aliphatic rings. The second kappa shape index (κ2) is 8.03. The molecule has 1 aromatic carbocycles. The minimum atomic E-state index is -4.18. The Hall–Kier alpha value is -2.83. The number of hydrogen-bond donors (Lipinski definition) is 2. The average molecular weight is 376 g/mol. The predicted octanol–water partition coefficient (Wildman–Crippen LogP) is 1.33. The summed E-state index contributed by atoms with van der Waals surface area (Å²) in [5, 5.41) is 1.77. The van der Waals surface area contributed by atoms with Gasteiger partial charge in [0.25, 0.3) is 5.91 Å². The smallest absolute Gasteiger partial charge is 0.268 e. The Bertz CT molecular complexity index is 909. The van der Waals surface area contributed by atoms with Crippen LogP contribution in [-0.4, -0.2) is 38.7 Å². The van der Waals surface area contributed by atoms with Crippen molar-refractivity contribution >= 4 is 21.9 Å². The van der Waals surface area contributed by atoms with E-state index < -0.39 is 21.2 Å². The van der Waals surface area contributed by atoms with Gasteiger partial charge in [-0.05, 0) is 38.1 Å². The van der Waals surface area contributed by atoms with Crippen molar-refractivity contribution in [2.24, 2.45) is 0 Å². The van der Waals surface area contributed by atoms with Crippen LogP contribution in [0.1, 0.15) is 24.2 Å². The van der Waals surface area contributed by atoms with Crippen LogP contribution < -0.4 is 14.8 Å². The highest BCUT2D eigenvalue weighted by molar-refractivity contribution is 7.91. The lowest BCUT2D eigenvalue weighted by Gasteiger charge is -2.20. The summed E-state index contributed by atoms with van der Waals surface area (Å²) in [5.41, 5.74) is 0.588. The van der Waals surface area contributed by atoms with Crippen LogP contribution in [0, 0.1) is 0 Å². The predicted molar refractivity (Wildman–Crippen MR) is 97.9 cm³/mol. The zero-order chi connectivity index (χ0) is 19.3. The molecule has 7 nitrogen and oxygen atoms in total. The van der Waals surface area contributed by atoms with Crippen molar-refractivity contribution in [1.29, 1.82) is 0 Å². The maximum atomic E-state index is 12.6. The quantitative estimate of drug-likeness (QED) is 0.727. The van der Waals surface area contributed by atoms with Crippen LogP contribution in [0.5, 0.6) is 5.75 Å². The molecule has 0 radical (unpaired) electrons. The molecule has 0 aromatic heterocycles. The molecule has 1 aromatic rings. The van der Waals surface area contributed by atoms with E-state index in [0.29, 0.717) is 5.70 Å². The molecule has 1 atom stereocenters. The summed E-state index contributed by atoms with van der Waals surface area (Å²) in [5.74, 6) is 1.05. The number of para-hydroxylation sites is 1. The van der Waals surface area contributed by atoms with Crippen molar-refractivity contribution in [1.82, 2.24) is 10.0 Å². The standard InChI is InChI=1S/C18H20N2O5S/c1-12(2)19-14-8-9-17(13(10-14)11-21)26(23,24)20-18(22)15-6-4-5-7-16(15)25-3/h4-10,12,17,19H,1-3H3,(H,20,22). The van der Waals surface area contributed by atoms with E-state index in [0.717, 1.165) is 0 Å².